The Morgan fingerprint density at radius 2 is 0.935 bits per heavy atom. The summed E-state index contributed by atoms with van der Waals surface area (Å²) in [6, 6.07) is 0.454. The summed E-state index contributed by atoms with van der Waals surface area (Å²) in [6.45, 7) is 6.91. The third kappa shape index (κ3) is 27.4. The van der Waals surface area contributed by atoms with E-state index in [-0.39, 0.29) is 0 Å². The molecule has 0 aliphatic heterocycles. The normalized spacial score (nSPS) is 13.2. The number of hydrogen-bond donors (Lipinski definition) is 1. The molecule has 0 saturated heterocycles. The lowest BCUT2D eigenvalue weighted by atomic mass is 9.99. The summed E-state index contributed by atoms with van der Waals surface area (Å²) < 4.78 is 0. The van der Waals surface area contributed by atoms with Crippen LogP contribution < -0.4 is 5.73 Å². The minimum Gasteiger partial charge on any atom is -0.328 e. The highest BCUT2D eigenvalue weighted by Crippen LogP contribution is 2.15. The van der Waals surface area contributed by atoms with Crippen molar-refractivity contribution in [3.05, 3.63) is 24.3 Å². The van der Waals surface area contributed by atoms with Crippen LogP contribution in [0.15, 0.2) is 24.3 Å². The number of hydrogen-bond acceptors (Lipinski definition) is 1. The topological polar surface area (TPSA) is 26.0 Å². The van der Waals surface area contributed by atoms with Gasteiger partial charge in [-0.3, -0.25) is 0 Å². The van der Waals surface area contributed by atoms with Crippen molar-refractivity contribution in [3.63, 3.8) is 0 Å². The molecule has 1 atom stereocenters. The molecular weight excluding hydrogens is 374 g/mol. The number of nitrogens with two attached hydrogens (primary N) is 1. The van der Waals surface area contributed by atoms with Gasteiger partial charge in [-0.1, -0.05) is 135 Å². The summed E-state index contributed by atoms with van der Waals surface area (Å²) in [5.74, 6) is 0.855. The van der Waals surface area contributed by atoms with Crippen LogP contribution in [0.2, 0.25) is 0 Å². The quantitative estimate of drug-likeness (QED) is 0.119. The van der Waals surface area contributed by atoms with E-state index in [0.717, 1.165) is 12.3 Å². The molecule has 0 radical (unpaired) electrons. The van der Waals surface area contributed by atoms with Gasteiger partial charge in [0.15, 0.2) is 0 Å². The zero-order valence-corrected chi connectivity index (χ0v) is 21.9. The third-order valence-electron chi connectivity index (χ3n) is 6.38. The maximum Gasteiger partial charge on any atom is 0.00388 e. The Morgan fingerprint density at radius 1 is 0.516 bits per heavy atom. The molecule has 31 heavy (non-hydrogen) atoms. The summed E-state index contributed by atoms with van der Waals surface area (Å²) in [5.41, 5.74) is 6.28. The van der Waals surface area contributed by atoms with Gasteiger partial charge < -0.3 is 5.73 Å². The maximum absolute atomic E-state index is 6.28. The van der Waals surface area contributed by atoms with Crippen molar-refractivity contribution in [1.29, 1.82) is 0 Å². The third-order valence-corrected chi connectivity index (χ3v) is 6.38. The molecule has 1 unspecified atom stereocenters. The molecular formula is C30H59N. The first-order chi connectivity index (χ1) is 15.2. The van der Waals surface area contributed by atoms with Crippen LogP contribution in [0, 0.1) is 5.92 Å². The minimum absolute atomic E-state index is 0.454. The molecule has 0 spiro atoms. The van der Waals surface area contributed by atoms with Crippen LogP contribution in [0.5, 0.6) is 0 Å². The van der Waals surface area contributed by atoms with Crippen LogP contribution in [0.4, 0.5) is 0 Å². The van der Waals surface area contributed by atoms with E-state index >= 15 is 0 Å². The Labute approximate surface area is 197 Å². The predicted octanol–water partition coefficient (Wildman–Crippen LogP) is 10.3. The van der Waals surface area contributed by atoms with Gasteiger partial charge >= 0.3 is 0 Å². The zero-order valence-electron chi connectivity index (χ0n) is 21.9. The average molecular weight is 434 g/mol. The molecule has 0 aliphatic rings. The highest BCUT2D eigenvalue weighted by Gasteiger charge is 2.03. The number of allylic oxidation sites excluding steroid dienone is 4. The summed E-state index contributed by atoms with van der Waals surface area (Å²) in [4.78, 5) is 0. The van der Waals surface area contributed by atoms with Crippen molar-refractivity contribution in [3.8, 4) is 0 Å². The summed E-state index contributed by atoms with van der Waals surface area (Å²) in [5, 5.41) is 0. The second-order valence-corrected chi connectivity index (χ2v) is 10.2. The standard InChI is InChI=1S/C30H59N/c1-4-5-6-7-8-9-10-11-12-13-14-15-16-17-18-19-20-21-24-27-30(31)28-25-22-23-26-29(2)3/h8-9,11-12,29-30H,4-7,10,13-28,31H2,1-3H3/b9-8+,12-11+. The first kappa shape index (κ1) is 30.4. The van der Waals surface area contributed by atoms with Gasteiger partial charge in [0.1, 0.15) is 0 Å². The van der Waals surface area contributed by atoms with E-state index in [1.807, 2.05) is 0 Å². The van der Waals surface area contributed by atoms with Gasteiger partial charge in [0.25, 0.3) is 0 Å². The lowest BCUT2D eigenvalue weighted by molar-refractivity contribution is 0.469. The van der Waals surface area contributed by atoms with Gasteiger partial charge in [0.2, 0.25) is 0 Å². The summed E-state index contributed by atoms with van der Waals surface area (Å²) >= 11 is 0. The van der Waals surface area contributed by atoms with E-state index in [2.05, 4.69) is 45.1 Å². The van der Waals surface area contributed by atoms with Crippen molar-refractivity contribution in [2.45, 2.75) is 162 Å². The number of unbranched alkanes of at least 4 members (excludes halogenated alkanes) is 14. The fourth-order valence-electron chi connectivity index (χ4n) is 4.21. The fourth-order valence-corrected chi connectivity index (χ4v) is 4.21. The Balaban J connectivity index is 3.21. The van der Waals surface area contributed by atoms with Crippen LogP contribution in [0.3, 0.4) is 0 Å². The molecule has 0 aromatic carbocycles. The first-order valence-corrected chi connectivity index (χ1v) is 14.2. The van der Waals surface area contributed by atoms with E-state index in [1.165, 1.54) is 128 Å². The van der Waals surface area contributed by atoms with Gasteiger partial charge in [-0.2, -0.15) is 0 Å². The van der Waals surface area contributed by atoms with Crippen LogP contribution in [0.25, 0.3) is 0 Å². The second-order valence-electron chi connectivity index (χ2n) is 10.2. The van der Waals surface area contributed by atoms with Gasteiger partial charge in [0, 0.05) is 6.04 Å². The van der Waals surface area contributed by atoms with Gasteiger partial charge in [-0.15, -0.1) is 0 Å². The van der Waals surface area contributed by atoms with Crippen molar-refractivity contribution in [2.75, 3.05) is 0 Å². The Morgan fingerprint density at radius 3 is 1.45 bits per heavy atom. The maximum atomic E-state index is 6.28. The Hall–Kier alpha value is -0.560. The van der Waals surface area contributed by atoms with Crippen LogP contribution >= 0.6 is 0 Å². The number of rotatable bonds is 24. The highest BCUT2D eigenvalue weighted by molar-refractivity contribution is 4.92. The first-order valence-electron chi connectivity index (χ1n) is 14.2. The molecule has 2 N–H and O–H groups in total. The van der Waals surface area contributed by atoms with Gasteiger partial charge in [-0.05, 0) is 50.9 Å². The van der Waals surface area contributed by atoms with Crippen LogP contribution in [0.1, 0.15) is 156 Å². The Bertz CT molecular complexity index is 382. The van der Waals surface area contributed by atoms with E-state index in [0.29, 0.717) is 6.04 Å². The monoisotopic (exact) mass is 433 g/mol. The van der Waals surface area contributed by atoms with E-state index in [1.54, 1.807) is 0 Å². The van der Waals surface area contributed by atoms with Crippen LogP contribution in [-0.4, -0.2) is 6.04 Å². The molecule has 0 aliphatic carbocycles. The molecule has 0 fully saturated rings. The summed E-state index contributed by atoms with van der Waals surface area (Å²) in [7, 11) is 0. The zero-order chi connectivity index (χ0) is 22.8. The molecule has 0 saturated carbocycles. The van der Waals surface area contributed by atoms with E-state index < -0.39 is 0 Å². The molecule has 0 rings (SSSR count). The van der Waals surface area contributed by atoms with Crippen molar-refractivity contribution >= 4 is 0 Å². The minimum atomic E-state index is 0.454. The SMILES string of the molecule is CCCCC/C=C/C/C=C/CCCCCCCCCCCC(N)CCCCCC(C)C. The van der Waals surface area contributed by atoms with Crippen LogP contribution in [-0.2, 0) is 0 Å². The van der Waals surface area contributed by atoms with E-state index in [9.17, 15) is 0 Å². The molecule has 0 heterocycles. The van der Waals surface area contributed by atoms with Gasteiger partial charge in [-0.25, -0.2) is 0 Å². The van der Waals surface area contributed by atoms with Crippen molar-refractivity contribution in [1.82, 2.24) is 0 Å². The Kier molecular flexibility index (Phi) is 25.2. The predicted molar refractivity (Wildman–Crippen MR) is 144 cm³/mol. The molecule has 0 bridgehead atoms. The highest BCUT2D eigenvalue weighted by atomic mass is 14.6. The largest absolute Gasteiger partial charge is 0.328 e. The fraction of sp³-hybridized carbons (Fsp3) is 0.867. The molecule has 184 valence electrons. The molecule has 1 heteroatoms. The van der Waals surface area contributed by atoms with Gasteiger partial charge in [0.05, 0.1) is 0 Å². The average Bonchev–Trinajstić information content (AvgIpc) is 2.75. The molecule has 0 aromatic rings. The molecule has 1 nitrogen and oxygen atoms in total. The molecule has 0 aromatic heterocycles. The smallest absolute Gasteiger partial charge is 0.00388 e. The lowest BCUT2D eigenvalue weighted by Gasteiger charge is -2.11. The summed E-state index contributed by atoms with van der Waals surface area (Å²) in [6.07, 6.45) is 37.7. The van der Waals surface area contributed by atoms with E-state index in [4.69, 9.17) is 5.73 Å². The van der Waals surface area contributed by atoms with Crippen molar-refractivity contribution in [2.24, 2.45) is 11.7 Å². The lowest BCUT2D eigenvalue weighted by Crippen LogP contribution is -2.19. The second kappa shape index (κ2) is 25.7. The molecule has 0 amide bonds. The van der Waals surface area contributed by atoms with Crippen molar-refractivity contribution < 1.29 is 0 Å².